The number of carbonyl (C=O) groups excluding carboxylic acids is 2. The van der Waals surface area contributed by atoms with Crippen LogP contribution in [0.25, 0.3) is 0 Å². The molecule has 3 N–H and O–H groups in total. The number of hydrogen-bond acceptors (Lipinski definition) is 4. The first kappa shape index (κ1) is 28.3. The van der Waals surface area contributed by atoms with Crippen LogP contribution in [-0.2, 0) is 9.59 Å². The highest BCUT2D eigenvalue weighted by molar-refractivity contribution is 6.55. The van der Waals surface area contributed by atoms with Crippen LogP contribution in [0.15, 0.2) is 42.5 Å². The second-order valence-electron chi connectivity index (χ2n) is 9.24. The molecule has 0 aliphatic heterocycles. The standard InChI is InChI=1S/C28H40BN2O4/c1-3-4-5-6-7-8-9-10-12-16-22(21-26(33)31(2)23-17-13-11-14-18-23)28(35)30-29-24-19-15-20-25(32)27(24)34/h11,13,15,17-20,22,29,32,34H,3-10,12,16,21H2,1-2H3,(H,30,35). The average molecular weight is 479 g/mol. The molecule has 6 nitrogen and oxygen atoms in total. The van der Waals surface area contributed by atoms with Gasteiger partial charge in [-0.15, -0.1) is 0 Å². The number of phenolic OH excluding ortho intramolecular Hbond substituents is 2. The highest BCUT2D eigenvalue weighted by Crippen LogP contribution is 2.21. The molecule has 0 spiro atoms. The van der Waals surface area contributed by atoms with E-state index in [1.54, 1.807) is 36.2 Å². The topological polar surface area (TPSA) is 89.9 Å². The van der Waals surface area contributed by atoms with Gasteiger partial charge >= 0.3 is 0 Å². The Morgan fingerprint density at radius 1 is 1.00 bits per heavy atom. The molecule has 2 rings (SSSR count). The van der Waals surface area contributed by atoms with Gasteiger partial charge in [-0.05, 0) is 36.1 Å². The molecule has 189 valence electrons. The summed E-state index contributed by atoms with van der Waals surface area (Å²) in [5.74, 6) is -1.25. The number of nitrogens with one attached hydrogen (secondary N) is 1. The summed E-state index contributed by atoms with van der Waals surface area (Å²) in [4.78, 5) is 27.6. The largest absolute Gasteiger partial charge is 0.505 e. The predicted octanol–water partition coefficient (Wildman–Crippen LogP) is 4.58. The molecule has 7 heteroatoms. The molecule has 0 aliphatic rings. The second kappa shape index (κ2) is 15.9. The smallest absolute Gasteiger partial charge is 0.274 e. The van der Waals surface area contributed by atoms with Crippen LogP contribution in [0.1, 0.15) is 77.6 Å². The number of nitrogens with zero attached hydrogens (tertiary/aromatic N) is 1. The summed E-state index contributed by atoms with van der Waals surface area (Å²) < 4.78 is 0. The fourth-order valence-corrected chi connectivity index (χ4v) is 4.16. The van der Waals surface area contributed by atoms with E-state index in [-0.39, 0.29) is 37.1 Å². The molecule has 0 aromatic heterocycles. The zero-order valence-corrected chi connectivity index (χ0v) is 21.3. The number of hydrogen-bond donors (Lipinski definition) is 3. The first-order valence-corrected chi connectivity index (χ1v) is 12.9. The van der Waals surface area contributed by atoms with Crippen molar-refractivity contribution in [2.75, 3.05) is 11.9 Å². The maximum atomic E-state index is 13.0. The number of phenols is 2. The second-order valence-corrected chi connectivity index (χ2v) is 9.24. The van der Waals surface area contributed by atoms with Gasteiger partial charge in [0, 0.05) is 25.1 Å². The normalized spacial score (nSPS) is 11.6. The van der Waals surface area contributed by atoms with Gasteiger partial charge in [0.1, 0.15) is 0 Å². The van der Waals surface area contributed by atoms with E-state index in [0.29, 0.717) is 11.9 Å². The molecule has 2 aromatic rings. The van der Waals surface area contributed by atoms with E-state index in [0.717, 1.165) is 24.9 Å². The van der Waals surface area contributed by atoms with Crippen molar-refractivity contribution in [3.8, 4) is 11.5 Å². The highest BCUT2D eigenvalue weighted by Gasteiger charge is 2.24. The molecule has 0 bridgehead atoms. The van der Waals surface area contributed by atoms with Crippen molar-refractivity contribution >= 4 is 30.4 Å². The fraction of sp³-hybridized carbons (Fsp3) is 0.500. The minimum Gasteiger partial charge on any atom is -0.505 e. The number of benzene rings is 2. The maximum Gasteiger partial charge on any atom is 0.274 e. The van der Waals surface area contributed by atoms with Gasteiger partial charge in [0.05, 0.1) is 0 Å². The van der Waals surface area contributed by atoms with Crippen molar-refractivity contribution in [3.63, 3.8) is 0 Å². The van der Waals surface area contributed by atoms with Crippen molar-refractivity contribution in [2.45, 2.75) is 77.6 Å². The summed E-state index contributed by atoms with van der Waals surface area (Å²) >= 11 is 0. The third-order valence-corrected chi connectivity index (χ3v) is 6.45. The molecule has 1 atom stereocenters. The van der Waals surface area contributed by atoms with E-state index in [4.69, 9.17) is 0 Å². The number of rotatable bonds is 16. The number of aromatic hydroxyl groups is 2. The van der Waals surface area contributed by atoms with Gasteiger partial charge in [0.15, 0.2) is 11.5 Å². The fourth-order valence-electron chi connectivity index (χ4n) is 4.16. The lowest BCUT2D eigenvalue weighted by Gasteiger charge is -2.21. The molecule has 1 unspecified atom stereocenters. The third-order valence-electron chi connectivity index (χ3n) is 6.45. The van der Waals surface area contributed by atoms with Gasteiger partial charge in [0.25, 0.3) is 7.41 Å². The lowest BCUT2D eigenvalue weighted by Crippen LogP contribution is -2.41. The first-order chi connectivity index (χ1) is 16.9. The molecule has 35 heavy (non-hydrogen) atoms. The molecular formula is C28H40BN2O4. The summed E-state index contributed by atoms with van der Waals surface area (Å²) in [6, 6.07) is 14.8. The van der Waals surface area contributed by atoms with E-state index in [9.17, 15) is 19.8 Å². The molecule has 1 radical (unpaired) electrons. The van der Waals surface area contributed by atoms with Gasteiger partial charge < -0.3 is 20.3 Å². The number of amides is 2. The molecule has 2 amide bonds. The van der Waals surface area contributed by atoms with Crippen molar-refractivity contribution in [2.24, 2.45) is 5.92 Å². The SMILES string of the molecule is CCCCCCCCCCCC(CC(=O)N(C)c1c[c]ccc1)C(=O)NBc1cccc(O)c1O. The Bertz CT molecular complexity index is 907. The van der Waals surface area contributed by atoms with Crippen LogP contribution in [0.4, 0.5) is 5.69 Å². The van der Waals surface area contributed by atoms with Gasteiger partial charge in [-0.25, -0.2) is 0 Å². The molecule has 0 fully saturated rings. The molecule has 0 saturated heterocycles. The van der Waals surface area contributed by atoms with Crippen LogP contribution in [-0.4, -0.2) is 36.5 Å². The molecule has 0 saturated carbocycles. The van der Waals surface area contributed by atoms with E-state index in [1.165, 1.54) is 44.6 Å². The van der Waals surface area contributed by atoms with Crippen molar-refractivity contribution < 1.29 is 19.8 Å². The van der Waals surface area contributed by atoms with Crippen molar-refractivity contribution in [1.29, 1.82) is 0 Å². The Labute approximate surface area is 211 Å². The Morgan fingerprint density at radius 2 is 1.69 bits per heavy atom. The minimum atomic E-state index is -0.457. The summed E-state index contributed by atoms with van der Waals surface area (Å²) in [7, 11) is 1.80. The molecule has 0 heterocycles. The predicted molar refractivity (Wildman–Crippen MR) is 143 cm³/mol. The van der Waals surface area contributed by atoms with Crippen LogP contribution >= 0.6 is 0 Å². The van der Waals surface area contributed by atoms with Crippen LogP contribution in [0, 0.1) is 12.0 Å². The number of carbonyl (C=O) groups is 2. The molecule has 2 aromatic carbocycles. The van der Waals surface area contributed by atoms with E-state index >= 15 is 0 Å². The summed E-state index contributed by atoms with van der Waals surface area (Å²) in [6.07, 6.45) is 11.5. The Balaban J connectivity index is 1.91. The third kappa shape index (κ3) is 10.1. The first-order valence-electron chi connectivity index (χ1n) is 12.9. The molecule has 0 aliphatic carbocycles. The van der Waals surface area contributed by atoms with Crippen molar-refractivity contribution in [3.05, 3.63) is 48.5 Å². The van der Waals surface area contributed by atoms with Crippen LogP contribution in [0.2, 0.25) is 0 Å². The number of unbranched alkanes of at least 4 members (excludes halogenated alkanes) is 8. The quantitative estimate of drug-likeness (QED) is 0.187. The van der Waals surface area contributed by atoms with E-state index in [2.05, 4.69) is 18.2 Å². The zero-order valence-electron chi connectivity index (χ0n) is 21.3. The van der Waals surface area contributed by atoms with E-state index in [1.807, 2.05) is 12.1 Å². The Hall–Kier alpha value is -2.96. The van der Waals surface area contributed by atoms with Crippen molar-refractivity contribution in [1.82, 2.24) is 5.23 Å². The molecular weight excluding hydrogens is 439 g/mol. The van der Waals surface area contributed by atoms with Gasteiger partial charge in [-0.1, -0.05) is 89.0 Å². The summed E-state index contributed by atoms with van der Waals surface area (Å²) in [5, 5.41) is 22.6. The van der Waals surface area contributed by atoms with Crippen LogP contribution < -0.4 is 15.6 Å². The average Bonchev–Trinajstić information content (AvgIpc) is 2.87. The lowest BCUT2D eigenvalue weighted by molar-refractivity contribution is -0.128. The van der Waals surface area contributed by atoms with Gasteiger partial charge in [-0.3, -0.25) is 9.59 Å². The number of para-hydroxylation sites is 1. The lowest BCUT2D eigenvalue weighted by atomic mass is 9.80. The van der Waals surface area contributed by atoms with Crippen LogP contribution in [0.5, 0.6) is 11.5 Å². The maximum absolute atomic E-state index is 13.0. The minimum absolute atomic E-state index is 0.0883. The Kier molecular flexibility index (Phi) is 12.8. The summed E-state index contributed by atoms with van der Waals surface area (Å²) in [5.41, 5.74) is 1.17. The monoisotopic (exact) mass is 479 g/mol. The Morgan fingerprint density at radius 3 is 2.34 bits per heavy atom. The van der Waals surface area contributed by atoms with E-state index < -0.39 is 5.92 Å². The number of anilines is 1. The van der Waals surface area contributed by atoms with Gasteiger partial charge in [-0.2, -0.15) is 0 Å². The van der Waals surface area contributed by atoms with Crippen LogP contribution in [0.3, 0.4) is 0 Å². The highest BCUT2D eigenvalue weighted by atomic mass is 16.3. The van der Waals surface area contributed by atoms with Gasteiger partial charge in [0.2, 0.25) is 11.8 Å². The zero-order chi connectivity index (χ0) is 25.5. The summed E-state index contributed by atoms with van der Waals surface area (Å²) in [6.45, 7) is 2.22.